The van der Waals surface area contributed by atoms with Crippen LogP contribution in [0.25, 0.3) is 0 Å². The van der Waals surface area contributed by atoms with Crippen LogP contribution in [-0.4, -0.2) is 39.1 Å². The van der Waals surface area contributed by atoms with Crippen molar-refractivity contribution in [3.63, 3.8) is 0 Å². The molecule has 1 unspecified atom stereocenters. The molecule has 1 atom stereocenters. The predicted molar refractivity (Wildman–Crippen MR) is 90.5 cm³/mol. The lowest BCUT2D eigenvalue weighted by Crippen LogP contribution is -2.34. The number of carbonyl (C=O) groups is 1. The molecule has 6 nitrogen and oxygen atoms in total. The number of aromatic nitrogens is 3. The van der Waals surface area contributed by atoms with Crippen molar-refractivity contribution in [1.29, 1.82) is 0 Å². The summed E-state index contributed by atoms with van der Waals surface area (Å²) in [6.45, 7) is 5.02. The number of rotatable bonds is 6. The summed E-state index contributed by atoms with van der Waals surface area (Å²) in [5.41, 5.74) is 7.99. The topological polar surface area (TPSA) is 87.9 Å². The Morgan fingerprint density at radius 3 is 3.22 bits per heavy atom. The first-order valence-corrected chi connectivity index (χ1v) is 9.04. The Bertz CT molecular complexity index is 665. The number of amides is 1. The minimum Gasteiger partial charge on any atom is -0.365 e. The van der Waals surface area contributed by atoms with Gasteiger partial charge < -0.3 is 5.73 Å². The summed E-state index contributed by atoms with van der Waals surface area (Å²) in [5, 5.41) is 10.4. The number of nitrogens with zero attached hydrogens (tertiary/aromatic N) is 3. The Morgan fingerprint density at radius 1 is 1.57 bits per heavy atom. The zero-order valence-electron chi connectivity index (χ0n) is 13.4. The average molecular weight is 333 g/mol. The van der Waals surface area contributed by atoms with Gasteiger partial charge in [-0.25, -0.2) is 4.98 Å². The minimum absolute atomic E-state index is 0.280. The zero-order chi connectivity index (χ0) is 16.2. The Labute approximate surface area is 140 Å². The van der Waals surface area contributed by atoms with Crippen LogP contribution in [0.4, 0.5) is 0 Å². The lowest BCUT2D eigenvalue weighted by atomic mass is 9.92. The molecule has 1 fully saturated rings. The first-order valence-electron chi connectivity index (χ1n) is 8.16. The molecule has 1 aliphatic heterocycles. The number of carbonyl (C=O) groups excluding carboxylic acids is 1. The van der Waals surface area contributed by atoms with Gasteiger partial charge in [0.25, 0.3) is 5.91 Å². The SMILES string of the molecule is CCCc1nc(CN2CCCC(c3[nH]ncc3C(N)=O)C2)cs1. The molecule has 0 aliphatic carbocycles. The molecule has 3 heterocycles. The Kier molecular flexibility index (Phi) is 5.07. The van der Waals surface area contributed by atoms with E-state index in [9.17, 15) is 4.79 Å². The fourth-order valence-corrected chi connectivity index (χ4v) is 4.11. The van der Waals surface area contributed by atoms with Gasteiger partial charge in [-0.2, -0.15) is 5.10 Å². The summed E-state index contributed by atoms with van der Waals surface area (Å²) in [6.07, 6.45) is 5.89. The summed E-state index contributed by atoms with van der Waals surface area (Å²) < 4.78 is 0. The highest BCUT2D eigenvalue weighted by Gasteiger charge is 2.26. The van der Waals surface area contributed by atoms with Crippen molar-refractivity contribution in [2.24, 2.45) is 5.73 Å². The number of nitrogens with one attached hydrogen (secondary N) is 1. The number of piperidine rings is 1. The second-order valence-electron chi connectivity index (χ2n) is 6.12. The van der Waals surface area contributed by atoms with Crippen LogP contribution in [0.5, 0.6) is 0 Å². The molecule has 7 heteroatoms. The van der Waals surface area contributed by atoms with E-state index in [0.29, 0.717) is 5.56 Å². The van der Waals surface area contributed by atoms with Gasteiger partial charge in [-0.1, -0.05) is 6.92 Å². The highest BCUT2D eigenvalue weighted by molar-refractivity contribution is 7.09. The summed E-state index contributed by atoms with van der Waals surface area (Å²) >= 11 is 1.75. The molecule has 0 aromatic carbocycles. The number of primary amides is 1. The van der Waals surface area contributed by atoms with Crippen LogP contribution in [-0.2, 0) is 13.0 Å². The van der Waals surface area contributed by atoms with Crippen LogP contribution in [0.3, 0.4) is 0 Å². The molecule has 1 amide bonds. The largest absolute Gasteiger partial charge is 0.365 e. The third-order valence-electron chi connectivity index (χ3n) is 4.30. The Morgan fingerprint density at radius 2 is 2.43 bits per heavy atom. The number of H-pyrrole nitrogens is 1. The van der Waals surface area contributed by atoms with Crippen molar-refractivity contribution in [2.75, 3.05) is 13.1 Å². The van der Waals surface area contributed by atoms with Gasteiger partial charge in [0.2, 0.25) is 0 Å². The maximum Gasteiger partial charge on any atom is 0.252 e. The first-order chi connectivity index (χ1) is 11.2. The van der Waals surface area contributed by atoms with Gasteiger partial charge >= 0.3 is 0 Å². The predicted octanol–water partition coefficient (Wildman–Crippen LogP) is 2.30. The fourth-order valence-electron chi connectivity index (χ4n) is 3.22. The van der Waals surface area contributed by atoms with Crippen LogP contribution in [0.2, 0.25) is 0 Å². The van der Waals surface area contributed by atoms with Gasteiger partial charge in [-0.05, 0) is 32.2 Å². The lowest BCUT2D eigenvalue weighted by molar-refractivity contribution is 0.0997. The third kappa shape index (κ3) is 3.79. The van der Waals surface area contributed by atoms with Crippen molar-refractivity contribution in [2.45, 2.75) is 45.1 Å². The van der Waals surface area contributed by atoms with Gasteiger partial charge in [0, 0.05) is 24.4 Å². The quantitative estimate of drug-likeness (QED) is 0.849. The van der Waals surface area contributed by atoms with E-state index in [4.69, 9.17) is 10.7 Å². The molecule has 23 heavy (non-hydrogen) atoms. The van der Waals surface area contributed by atoms with Crippen molar-refractivity contribution in [3.05, 3.63) is 33.5 Å². The number of hydrogen-bond donors (Lipinski definition) is 2. The molecular weight excluding hydrogens is 310 g/mol. The normalized spacial score (nSPS) is 19.1. The molecule has 3 N–H and O–H groups in total. The number of likely N-dealkylation sites (tertiary alicyclic amines) is 1. The first kappa shape index (κ1) is 16.1. The van der Waals surface area contributed by atoms with Crippen LogP contribution >= 0.6 is 11.3 Å². The molecule has 0 radical (unpaired) electrons. The summed E-state index contributed by atoms with van der Waals surface area (Å²) in [7, 11) is 0. The van der Waals surface area contributed by atoms with E-state index in [1.165, 1.54) is 11.2 Å². The Balaban J connectivity index is 1.65. The van der Waals surface area contributed by atoms with E-state index in [0.717, 1.165) is 56.7 Å². The molecule has 3 rings (SSSR count). The van der Waals surface area contributed by atoms with E-state index < -0.39 is 5.91 Å². The van der Waals surface area contributed by atoms with E-state index in [2.05, 4.69) is 27.4 Å². The number of thiazole rings is 1. The maximum absolute atomic E-state index is 11.5. The van der Waals surface area contributed by atoms with Gasteiger partial charge in [-0.15, -0.1) is 11.3 Å². The average Bonchev–Trinajstić information content (AvgIpc) is 3.17. The monoisotopic (exact) mass is 333 g/mol. The highest BCUT2D eigenvalue weighted by atomic mass is 32.1. The third-order valence-corrected chi connectivity index (χ3v) is 5.25. The van der Waals surface area contributed by atoms with E-state index >= 15 is 0 Å². The molecule has 0 bridgehead atoms. The van der Waals surface area contributed by atoms with E-state index in [1.54, 1.807) is 11.3 Å². The molecule has 1 aliphatic rings. The molecule has 124 valence electrons. The molecule has 1 saturated heterocycles. The molecule has 0 spiro atoms. The van der Waals surface area contributed by atoms with E-state index in [-0.39, 0.29) is 5.92 Å². The second kappa shape index (κ2) is 7.23. The van der Waals surface area contributed by atoms with E-state index in [1.807, 2.05) is 0 Å². The smallest absolute Gasteiger partial charge is 0.252 e. The van der Waals surface area contributed by atoms with Gasteiger partial charge in [0.15, 0.2) is 0 Å². The maximum atomic E-state index is 11.5. The van der Waals surface area contributed by atoms with Crippen molar-refractivity contribution in [3.8, 4) is 0 Å². The van der Waals surface area contributed by atoms with Gasteiger partial charge in [0.1, 0.15) is 0 Å². The summed E-state index contributed by atoms with van der Waals surface area (Å²) in [6, 6.07) is 0. The highest BCUT2D eigenvalue weighted by Crippen LogP contribution is 2.28. The van der Waals surface area contributed by atoms with Crippen LogP contribution in [0, 0.1) is 0 Å². The number of aryl methyl sites for hydroxylation is 1. The fraction of sp³-hybridized carbons (Fsp3) is 0.562. The summed E-state index contributed by atoms with van der Waals surface area (Å²) in [4.78, 5) is 18.6. The van der Waals surface area contributed by atoms with Crippen LogP contribution < -0.4 is 5.73 Å². The van der Waals surface area contributed by atoms with Gasteiger partial charge in [-0.3, -0.25) is 14.8 Å². The number of nitrogens with two attached hydrogens (primary N) is 1. The number of aromatic amines is 1. The lowest BCUT2D eigenvalue weighted by Gasteiger charge is -2.32. The zero-order valence-corrected chi connectivity index (χ0v) is 14.2. The molecule has 0 saturated carbocycles. The Hall–Kier alpha value is -1.73. The van der Waals surface area contributed by atoms with Gasteiger partial charge in [0.05, 0.1) is 28.2 Å². The standard InChI is InChI=1S/C16H23N5OS/c1-2-4-14-19-12(10-23-14)9-21-6-3-5-11(8-21)15-13(16(17)22)7-18-20-15/h7,10-11H,2-6,8-9H2,1H3,(H2,17,22)(H,18,20). The van der Waals surface area contributed by atoms with Crippen LogP contribution in [0.1, 0.15) is 58.9 Å². The van der Waals surface area contributed by atoms with Crippen LogP contribution in [0.15, 0.2) is 11.6 Å². The molecule has 2 aromatic heterocycles. The summed E-state index contributed by atoms with van der Waals surface area (Å²) in [5.74, 6) is -0.128. The van der Waals surface area contributed by atoms with Crippen molar-refractivity contribution >= 4 is 17.2 Å². The minimum atomic E-state index is -0.408. The number of hydrogen-bond acceptors (Lipinski definition) is 5. The van der Waals surface area contributed by atoms with Crippen molar-refractivity contribution in [1.82, 2.24) is 20.1 Å². The van der Waals surface area contributed by atoms with Crippen molar-refractivity contribution < 1.29 is 4.79 Å². The molecule has 2 aromatic rings. The second-order valence-corrected chi connectivity index (χ2v) is 7.06. The molecular formula is C16H23N5OS.